The molecule has 2 aromatic rings. The van der Waals surface area contributed by atoms with Gasteiger partial charge in [0.2, 0.25) is 11.0 Å². The van der Waals surface area contributed by atoms with Crippen molar-refractivity contribution in [2.45, 2.75) is 45.1 Å². The summed E-state index contributed by atoms with van der Waals surface area (Å²) in [5.74, 6) is 0.530. The zero-order valence-corrected chi connectivity index (χ0v) is 17.0. The molecule has 0 spiro atoms. The van der Waals surface area contributed by atoms with E-state index in [9.17, 15) is 4.79 Å². The summed E-state index contributed by atoms with van der Waals surface area (Å²) in [6.45, 7) is 6.04. The van der Waals surface area contributed by atoms with Crippen LogP contribution in [0.4, 0.5) is 5.13 Å². The Morgan fingerprint density at radius 3 is 2.64 bits per heavy atom. The minimum absolute atomic E-state index is 0.0475. The average Bonchev–Trinajstić information content (AvgIpc) is 3.36. The van der Waals surface area contributed by atoms with Crippen LogP contribution in [0.25, 0.3) is 0 Å². The van der Waals surface area contributed by atoms with E-state index in [1.165, 1.54) is 12.5 Å². The maximum absolute atomic E-state index is 11.0. The van der Waals surface area contributed by atoms with Gasteiger partial charge in [0.25, 0.3) is 0 Å². The zero-order valence-electron chi connectivity index (χ0n) is 16.2. The van der Waals surface area contributed by atoms with Crippen LogP contribution in [0.5, 0.6) is 0 Å². The third-order valence-electron chi connectivity index (χ3n) is 5.31. The van der Waals surface area contributed by atoms with Crippen LogP contribution in [-0.2, 0) is 9.63 Å². The number of amides is 1. The van der Waals surface area contributed by atoms with Crippen LogP contribution in [-0.4, -0.2) is 47.6 Å². The van der Waals surface area contributed by atoms with Crippen LogP contribution < -0.4 is 10.2 Å². The van der Waals surface area contributed by atoms with E-state index >= 15 is 0 Å². The number of piperidine rings is 1. The molecule has 1 fully saturated rings. The van der Waals surface area contributed by atoms with Gasteiger partial charge in [0.15, 0.2) is 0 Å². The molecule has 1 aromatic heterocycles. The van der Waals surface area contributed by atoms with Crippen molar-refractivity contribution in [1.82, 2.24) is 15.5 Å². The van der Waals surface area contributed by atoms with Crippen molar-refractivity contribution in [3.05, 3.63) is 40.4 Å². The number of hydrogen-bond donors (Lipinski definition) is 1. The summed E-state index contributed by atoms with van der Waals surface area (Å²) < 4.78 is 0. The second-order valence-corrected chi connectivity index (χ2v) is 8.55. The molecule has 1 saturated heterocycles. The van der Waals surface area contributed by atoms with Crippen LogP contribution in [0.2, 0.25) is 0 Å². The second-order valence-electron chi connectivity index (χ2n) is 7.39. The summed E-state index contributed by atoms with van der Waals surface area (Å²) in [4.78, 5) is 18.8. The van der Waals surface area contributed by atoms with Gasteiger partial charge in [0.1, 0.15) is 11.1 Å². The maximum Gasteiger partial charge on any atom is 0.217 e. The molecule has 28 heavy (non-hydrogen) atoms. The van der Waals surface area contributed by atoms with Gasteiger partial charge in [0.05, 0.1) is 12.3 Å². The summed E-state index contributed by atoms with van der Waals surface area (Å²) >= 11 is 1.67. The van der Waals surface area contributed by atoms with Crippen molar-refractivity contribution in [2.75, 3.05) is 24.5 Å². The summed E-state index contributed by atoms with van der Waals surface area (Å²) in [5.41, 5.74) is 3.42. The summed E-state index contributed by atoms with van der Waals surface area (Å²) in [5, 5.41) is 17.4. The topological polar surface area (TPSA) is 79.7 Å². The maximum atomic E-state index is 11.0. The molecule has 7 nitrogen and oxygen atoms in total. The number of benzene rings is 1. The van der Waals surface area contributed by atoms with Gasteiger partial charge in [-0.05, 0) is 36.8 Å². The standard InChI is InChI=1S/C20H25N5O2S/c1-13(26)21-12-18-11-19(24-27-18)17-5-3-15(4-6-17)16-7-9-25(10-8-16)20-23-22-14(2)28-20/h3-6,16,18H,7-12H2,1-2H3,(H,21,26). The molecule has 0 radical (unpaired) electrons. The summed E-state index contributed by atoms with van der Waals surface area (Å²) in [6, 6.07) is 8.71. The number of aromatic nitrogens is 2. The highest BCUT2D eigenvalue weighted by Crippen LogP contribution is 2.32. The Hall–Kier alpha value is -2.48. The number of nitrogens with one attached hydrogen (secondary N) is 1. The van der Waals surface area contributed by atoms with Crippen molar-refractivity contribution in [3.63, 3.8) is 0 Å². The second kappa shape index (κ2) is 8.26. The first-order valence-electron chi connectivity index (χ1n) is 9.71. The highest BCUT2D eigenvalue weighted by Gasteiger charge is 2.24. The largest absolute Gasteiger partial charge is 0.390 e. The van der Waals surface area contributed by atoms with Gasteiger partial charge in [-0.2, -0.15) is 0 Å². The molecule has 4 rings (SSSR count). The van der Waals surface area contributed by atoms with Gasteiger partial charge in [-0.1, -0.05) is 40.8 Å². The molecule has 1 amide bonds. The molecule has 0 saturated carbocycles. The fourth-order valence-corrected chi connectivity index (χ4v) is 4.47. The Morgan fingerprint density at radius 2 is 2.00 bits per heavy atom. The van der Waals surface area contributed by atoms with Gasteiger partial charge in [-0.15, -0.1) is 10.2 Å². The fourth-order valence-electron chi connectivity index (χ4n) is 3.73. The monoisotopic (exact) mass is 399 g/mol. The Kier molecular flexibility index (Phi) is 5.57. The highest BCUT2D eigenvalue weighted by atomic mass is 32.1. The summed E-state index contributed by atoms with van der Waals surface area (Å²) in [6.07, 6.45) is 2.90. The molecule has 8 heteroatoms. The van der Waals surface area contributed by atoms with E-state index in [1.54, 1.807) is 11.3 Å². The number of anilines is 1. The molecule has 1 unspecified atom stereocenters. The van der Waals surface area contributed by atoms with Crippen molar-refractivity contribution >= 4 is 28.1 Å². The van der Waals surface area contributed by atoms with Crippen molar-refractivity contribution in [2.24, 2.45) is 5.16 Å². The number of aryl methyl sites for hydroxylation is 1. The first kappa shape index (κ1) is 18.9. The van der Waals surface area contributed by atoms with Crippen molar-refractivity contribution in [3.8, 4) is 0 Å². The van der Waals surface area contributed by atoms with Crippen molar-refractivity contribution < 1.29 is 9.63 Å². The number of nitrogens with zero attached hydrogens (tertiary/aromatic N) is 4. The molecule has 1 atom stereocenters. The Morgan fingerprint density at radius 1 is 1.25 bits per heavy atom. The lowest BCUT2D eigenvalue weighted by atomic mass is 9.88. The smallest absolute Gasteiger partial charge is 0.217 e. The van der Waals surface area contributed by atoms with E-state index in [-0.39, 0.29) is 12.0 Å². The van der Waals surface area contributed by atoms with Gasteiger partial charge in [-0.25, -0.2) is 0 Å². The van der Waals surface area contributed by atoms with Gasteiger partial charge >= 0.3 is 0 Å². The molecule has 1 aromatic carbocycles. The van der Waals surface area contributed by atoms with Crippen molar-refractivity contribution in [1.29, 1.82) is 0 Å². The third kappa shape index (κ3) is 4.32. The minimum atomic E-state index is -0.0770. The number of carbonyl (C=O) groups is 1. The van der Waals surface area contributed by atoms with Crippen LogP contribution in [0.15, 0.2) is 29.4 Å². The molecule has 1 N–H and O–H groups in total. The number of hydrogen-bond acceptors (Lipinski definition) is 7. The van der Waals surface area contributed by atoms with Crippen LogP contribution in [0, 0.1) is 6.92 Å². The minimum Gasteiger partial charge on any atom is -0.390 e. The summed E-state index contributed by atoms with van der Waals surface area (Å²) in [7, 11) is 0. The fraction of sp³-hybridized carbons (Fsp3) is 0.500. The van der Waals surface area contributed by atoms with Gasteiger partial charge in [0, 0.05) is 26.4 Å². The van der Waals surface area contributed by atoms with Crippen LogP contribution in [0.3, 0.4) is 0 Å². The zero-order chi connectivity index (χ0) is 19.5. The molecule has 3 heterocycles. The first-order valence-corrected chi connectivity index (χ1v) is 10.5. The Bertz CT molecular complexity index is 856. The third-order valence-corrected chi connectivity index (χ3v) is 6.21. The average molecular weight is 400 g/mol. The molecule has 2 aliphatic heterocycles. The predicted molar refractivity (Wildman–Crippen MR) is 110 cm³/mol. The van der Waals surface area contributed by atoms with Crippen LogP contribution in [0.1, 0.15) is 48.2 Å². The van der Waals surface area contributed by atoms with Gasteiger partial charge in [-0.3, -0.25) is 4.79 Å². The molecular weight excluding hydrogens is 374 g/mol. The first-order chi connectivity index (χ1) is 13.6. The van der Waals surface area contributed by atoms with E-state index in [1.807, 2.05) is 6.92 Å². The van der Waals surface area contributed by atoms with E-state index < -0.39 is 0 Å². The lowest BCUT2D eigenvalue weighted by Gasteiger charge is -2.31. The number of oxime groups is 1. The lowest BCUT2D eigenvalue weighted by molar-refractivity contribution is -0.119. The predicted octanol–water partition coefficient (Wildman–Crippen LogP) is 2.86. The van der Waals surface area contributed by atoms with E-state index in [0.717, 1.165) is 53.8 Å². The van der Waals surface area contributed by atoms with E-state index in [2.05, 4.69) is 49.8 Å². The molecule has 0 bridgehead atoms. The quantitative estimate of drug-likeness (QED) is 0.836. The Balaban J connectivity index is 1.31. The molecule has 2 aliphatic rings. The van der Waals surface area contributed by atoms with Gasteiger partial charge < -0.3 is 15.1 Å². The number of rotatable bonds is 5. The van der Waals surface area contributed by atoms with Crippen LogP contribution >= 0.6 is 11.3 Å². The number of carbonyl (C=O) groups excluding carboxylic acids is 1. The highest BCUT2D eigenvalue weighted by molar-refractivity contribution is 7.15. The van der Waals surface area contributed by atoms with E-state index in [4.69, 9.17) is 4.84 Å². The normalized spacial score (nSPS) is 20.0. The lowest BCUT2D eigenvalue weighted by Crippen LogP contribution is -2.32. The molecular formula is C20H25N5O2S. The Labute approximate surface area is 168 Å². The molecule has 0 aliphatic carbocycles. The SMILES string of the molecule is CC(=O)NCC1CC(c2ccc(C3CCN(c4nnc(C)s4)CC3)cc2)=NO1. The molecule has 148 valence electrons. The van der Waals surface area contributed by atoms with E-state index in [0.29, 0.717) is 12.5 Å².